The van der Waals surface area contributed by atoms with Crippen LogP contribution in [0.4, 0.5) is 4.79 Å². The summed E-state index contributed by atoms with van der Waals surface area (Å²) in [5, 5.41) is 5.45. The van der Waals surface area contributed by atoms with Crippen molar-refractivity contribution in [3.8, 4) is 0 Å². The number of nitrogens with one attached hydrogen (secondary N) is 2. The second-order valence-electron chi connectivity index (χ2n) is 5.61. The highest BCUT2D eigenvalue weighted by Gasteiger charge is 2.18. The number of hydrogen-bond acceptors (Lipinski definition) is 3. The highest BCUT2D eigenvalue weighted by molar-refractivity contribution is 5.87. The number of ketones is 2. The molecule has 0 bridgehead atoms. The first-order chi connectivity index (χ1) is 10.4. The maximum atomic E-state index is 11.9. The molecule has 2 amide bonds. The molecule has 0 spiro atoms. The van der Waals surface area contributed by atoms with E-state index in [-0.39, 0.29) is 30.1 Å². The van der Waals surface area contributed by atoms with Gasteiger partial charge in [-0.25, -0.2) is 4.79 Å². The molecule has 2 atom stereocenters. The number of carbonyl (C=O) groups is 3. The van der Waals surface area contributed by atoms with Crippen LogP contribution in [0, 0.1) is 0 Å². The van der Waals surface area contributed by atoms with E-state index in [2.05, 4.69) is 10.6 Å². The van der Waals surface area contributed by atoms with Crippen LogP contribution in [0.15, 0.2) is 30.3 Å². The van der Waals surface area contributed by atoms with Crippen LogP contribution >= 0.6 is 0 Å². The van der Waals surface area contributed by atoms with Crippen LogP contribution in [0.25, 0.3) is 0 Å². The minimum Gasteiger partial charge on any atom is -0.335 e. The van der Waals surface area contributed by atoms with Gasteiger partial charge in [0.15, 0.2) is 5.78 Å². The van der Waals surface area contributed by atoms with Gasteiger partial charge in [0, 0.05) is 12.5 Å². The molecule has 2 N–H and O–H groups in total. The third-order valence-corrected chi connectivity index (χ3v) is 3.34. The predicted molar refractivity (Wildman–Crippen MR) is 85.7 cm³/mol. The SMILES string of the molecule is CC(=O)CCC(NC(=O)NC(C)Cc1ccccc1)C(C)=O. The highest BCUT2D eigenvalue weighted by Crippen LogP contribution is 2.03. The number of hydrogen-bond donors (Lipinski definition) is 2. The zero-order valence-corrected chi connectivity index (χ0v) is 13.4. The van der Waals surface area contributed by atoms with Crippen LogP contribution in [0.1, 0.15) is 39.2 Å². The third kappa shape index (κ3) is 7.02. The van der Waals surface area contributed by atoms with Gasteiger partial charge in [0.1, 0.15) is 5.78 Å². The summed E-state index contributed by atoms with van der Waals surface area (Å²) in [6.07, 6.45) is 1.34. The van der Waals surface area contributed by atoms with Gasteiger partial charge in [-0.05, 0) is 39.2 Å². The number of amides is 2. The van der Waals surface area contributed by atoms with Gasteiger partial charge in [0.05, 0.1) is 6.04 Å². The monoisotopic (exact) mass is 304 g/mol. The first-order valence-corrected chi connectivity index (χ1v) is 7.49. The Hall–Kier alpha value is -2.17. The first kappa shape index (κ1) is 17.9. The van der Waals surface area contributed by atoms with Crippen molar-refractivity contribution in [1.82, 2.24) is 10.6 Å². The van der Waals surface area contributed by atoms with Crippen molar-refractivity contribution in [2.75, 3.05) is 0 Å². The number of rotatable bonds is 8. The minimum atomic E-state index is -0.618. The second-order valence-corrected chi connectivity index (χ2v) is 5.61. The summed E-state index contributed by atoms with van der Waals surface area (Å²) >= 11 is 0. The minimum absolute atomic E-state index is 0.00547. The molecule has 1 aromatic rings. The molecule has 0 saturated carbocycles. The van der Waals surface area contributed by atoms with Gasteiger partial charge < -0.3 is 15.4 Å². The Labute approximate surface area is 131 Å². The summed E-state index contributed by atoms with van der Waals surface area (Å²) in [6.45, 7) is 4.79. The molecule has 1 aromatic carbocycles. The van der Waals surface area contributed by atoms with Crippen molar-refractivity contribution >= 4 is 17.6 Å². The summed E-state index contributed by atoms with van der Waals surface area (Å²) < 4.78 is 0. The standard InChI is InChI=1S/C17H24N2O3/c1-12(11-15-7-5-4-6-8-15)18-17(22)19-16(14(3)21)10-9-13(2)20/h4-8,12,16H,9-11H2,1-3H3,(H2,18,19,22). The van der Waals surface area contributed by atoms with Crippen LogP contribution in [-0.2, 0) is 16.0 Å². The van der Waals surface area contributed by atoms with E-state index in [0.717, 1.165) is 5.56 Å². The Morgan fingerprint density at radius 3 is 2.23 bits per heavy atom. The lowest BCUT2D eigenvalue weighted by Gasteiger charge is -2.19. The number of benzene rings is 1. The lowest BCUT2D eigenvalue weighted by Crippen LogP contribution is -2.48. The van der Waals surface area contributed by atoms with Gasteiger partial charge in [-0.2, -0.15) is 0 Å². The number of Topliss-reactive ketones (excluding diaryl/α,β-unsaturated/α-hetero) is 2. The Balaban J connectivity index is 2.45. The van der Waals surface area contributed by atoms with E-state index in [4.69, 9.17) is 0 Å². The van der Waals surface area contributed by atoms with Gasteiger partial charge in [-0.3, -0.25) is 4.79 Å². The molecule has 0 fully saturated rings. The summed E-state index contributed by atoms with van der Waals surface area (Å²) in [5.41, 5.74) is 1.13. The fraction of sp³-hybridized carbons (Fsp3) is 0.471. The van der Waals surface area contributed by atoms with E-state index in [1.165, 1.54) is 13.8 Å². The van der Waals surface area contributed by atoms with E-state index in [9.17, 15) is 14.4 Å². The smallest absolute Gasteiger partial charge is 0.315 e. The molecular formula is C17H24N2O3. The number of urea groups is 1. The van der Waals surface area contributed by atoms with Crippen molar-refractivity contribution in [3.05, 3.63) is 35.9 Å². The highest BCUT2D eigenvalue weighted by atomic mass is 16.2. The summed E-state index contributed by atoms with van der Waals surface area (Å²) in [7, 11) is 0. The van der Waals surface area contributed by atoms with E-state index in [1.54, 1.807) is 0 Å². The quantitative estimate of drug-likeness (QED) is 0.773. The first-order valence-electron chi connectivity index (χ1n) is 7.49. The second kappa shape index (κ2) is 8.97. The fourth-order valence-corrected chi connectivity index (χ4v) is 2.17. The molecule has 1 rings (SSSR count). The fourth-order valence-electron chi connectivity index (χ4n) is 2.17. The molecule has 2 unspecified atom stereocenters. The van der Waals surface area contributed by atoms with Crippen LogP contribution in [-0.4, -0.2) is 29.7 Å². The molecule has 120 valence electrons. The van der Waals surface area contributed by atoms with Crippen molar-refractivity contribution < 1.29 is 14.4 Å². The Morgan fingerprint density at radius 1 is 1.05 bits per heavy atom. The van der Waals surface area contributed by atoms with Crippen molar-refractivity contribution in [2.45, 2.75) is 52.1 Å². The Morgan fingerprint density at radius 2 is 1.68 bits per heavy atom. The normalized spacial score (nSPS) is 13.0. The average molecular weight is 304 g/mol. The van der Waals surface area contributed by atoms with E-state index in [0.29, 0.717) is 12.8 Å². The van der Waals surface area contributed by atoms with E-state index < -0.39 is 6.04 Å². The maximum absolute atomic E-state index is 11.9. The van der Waals surface area contributed by atoms with Gasteiger partial charge in [-0.1, -0.05) is 30.3 Å². The summed E-state index contributed by atoms with van der Waals surface area (Å²) in [5.74, 6) is -0.141. The van der Waals surface area contributed by atoms with E-state index >= 15 is 0 Å². The van der Waals surface area contributed by atoms with Crippen LogP contribution in [0.3, 0.4) is 0 Å². The molecule has 0 aliphatic carbocycles. The lowest BCUT2D eigenvalue weighted by molar-refractivity contribution is -0.119. The molecule has 0 saturated heterocycles. The van der Waals surface area contributed by atoms with E-state index in [1.807, 2.05) is 37.3 Å². The molecule has 0 aliphatic heterocycles. The lowest BCUT2D eigenvalue weighted by atomic mass is 10.1. The zero-order chi connectivity index (χ0) is 16.5. The van der Waals surface area contributed by atoms with Gasteiger partial charge in [-0.15, -0.1) is 0 Å². The molecular weight excluding hydrogens is 280 g/mol. The average Bonchev–Trinajstić information content (AvgIpc) is 2.43. The van der Waals surface area contributed by atoms with Gasteiger partial charge in [0.2, 0.25) is 0 Å². The third-order valence-electron chi connectivity index (χ3n) is 3.34. The predicted octanol–water partition coefficient (Wildman–Crippen LogP) is 2.24. The Kier molecular flexibility index (Phi) is 7.29. The molecule has 0 radical (unpaired) electrons. The summed E-state index contributed by atoms with van der Waals surface area (Å²) in [4.78, 5) is 34.5. The van der Waals surface area contributed by atoms with Gasteiger partial charge in [0.25, 0.3) is 0 Å². The van der Waals surface area contributed by atoms with Crippen molar-refractivity contribution in [3.63, 3.8) is 0 Å². The van der Waals surface area contributed by atoms with Gasteiger partial charge >= 0.3 is 6.03 Å². The molecule has 5 heteroatoms. The molecule has 0 aromatic heterocycles. The number of carbonyl (C=O) groups excluding carboxylic acids is 3. The topological polar surface area (TPSA) is 75.3 Å². The van der Waals surface area contributed by atoms with Crippen LogP contribution in [0.2, 0.25) is 0 Å². The summed E-state index contributed by atoms with van der Waals surface area (Å²) in [6, 6.07) is 8.80. The van der Waals surface area contributed by atoms with Crippen LogP contribution in [0.5, 0.6) is 0 Å². The Bertz CT molecular complexity index is 514. The maximum Gasteiger partial charge on any atom is 0.315 e. The zero-order valence-electron chi connectivity index (χ0n) is 13.4. The van der Waals surface area contributed by atoms with Crippen LogP contribution < -0.4 is 10.6 Å². The van der Waals surface area contributed by atoms with Crippen molar-refractivity contribution in [1.29, 1.82) is 0 Å². The molecule has 5 nitrogen and oxygen atoms in total. The molecule has 22 heavy (non-hydrogen) atoms. The molecule has 0 aliphatic rings. The van der Waals surface area contributed by atoms with Crippen molar-refractivity contribution in [2.24, 2.45) is 0 Å². The largest absolute Gasteiger partial charge is 0.335 e. The molecule has 0 heterocycles.